The first-order valence-corrected chi connectivity index (χ1v) is 6.63. The number of carboxylic acid groups (broad SMARTS) is 1. The fourth-order valence-corrected chi connectivity index (χ4v) is 2.09. The van der Waals surface area contributed by atoms with Gasteiger partial charge < -0.3 is 14.8 Å². The molecule has 0 saturated heterocycles. The Morgan fingerprint density at radius 2 is 2.15 bits per heavy atom. The average molecular weight is 274 g/mol. The lowest BCUT2D eigenvalue weighted by molar-refractivity contribution is -0.140. The minimum absolute atomic E-state index is 0.117. The molecule has 2 aromatic rings. The molecule has 5 heteroatoms. The van der Waals surface area contributed by atoms with Gasteiger partial charge in [0.25, 0.3) is 5.91 Å². The number of carbonyl (C=O) groups is 2. The molecular weight excluding hydrogens is 256 g/mol. The van der Waals surface area contributed by atoms with Crippen molar-refractivity contribution in [2.75, 3.05) is 0 Å². The normalized spacial score (nSPS) is 13.9. The Morgan fingerprint density at radius 3 is 2.75 bits per heavy atom. The maximum absolute atomic E-state index is 12.2. The van der Waals surface area contributed by atoms with E-state index < -0.39 is 12.0 Å². The number of carboxylic acids is 1. The van der Waals surface area contributed by atoms with Crippen LogP contribution in [-0.2, 0) is 4.79 Å². The predicted octanol–water partition coefficient (Wildman–Crippen LogP) is 2.17. The Morgan fingerprint density at radius 1 is 1.40 bits per heavy atom. The first-order chi connectivity index (χ1) is 9.52. The fraction of sp³-hybridized carbons (Fsp3) is 0.333. The number of fused-ring (bicyclic) bond motifs is 1. The van der Waals surface area contributed by atoms with Crippen LogP contribution in [0.15, 0.2) is 36.7 Å². The molecule has 0 spiro atoms. The summed E-state index contributed by atoms with van der Waals surface area (Å²) in [5.41, 5.74) is 1.36. The van der Waals surface area contributed by atoms with Gasteiger partial charge in [-0.05, 0) is 24.1 Å². The minimum atomic E-state index is -1.00. The van der Waals surface area contributed by atoms with Crippen LogP contribution in [0.4, 0.5) is 0 Å². The van der Waals surface area contributed by atoms with E-state index in [2.05, 4.69) is 5.32 Å². The lowest BCUT2D eigenvalue weighted by Crippen LogP contribution is -2.44. The molecule has 2 aromatic heterocycles. The smallest absolute Gasteiger partial charge is 0.326 e. The van der Waals surface area contributed by atoms with Gasteiger partial charge >= 0.3 is 5.97 Å². The van der Waals surface area contributed by atoms with Gasteiger partial charge in [-0.15, -0.1) is 0 Å². The van der Waals surface area contributed by atoms with Crippen molar-refractivity contribution in [3.63, 3.8) is 0 Å². The molecule has 2 atom stereocenters. The van der Waals surface area contributed by atoms with Crippen molar-refractivity contribution in [1.82, 2.24) is 9.72 Å². The van der Waals surface area contributed by atoms with Crippen molar-refractivity contribution in [3.8, 4) is 0 Å². The quantitative estimate of drug-likeness (QED) is 0.877. The first-order valence-electron chi connectivity index (χ1n) is 6.63. The summed E-state index contributed by atoms with van der Waals surface area (Å²) in [5.74, 6) is -1.48. The van der Waals surface area contributed by atoms with Gasteiger partial charge in [-0.1, -0.05) is 26.3 Å². The SMILES string of the molecule is CC[C@H](C)[C@H](NC(=O)c1cc2ccccn2c1)C(=O)O. The van der Waals surface area contributed by atoms with Crippen molar-refractivity contribution >= 4 is 17.4 Å². The molecule has 0 aliphatic rings. The van der Waals surface area contributed by atoms with Crippen LogP contribution in [0.5, 0.6) is 0 Å². The molecule has 0 saturated carbocycles. The van der Waals surface area contributed by atoms with E-state index in [0.717, 1.165) is 5.52 Å². The number of hydrogen-bond acceptors (Lipinski definition) is 2. The van der Waals surface area contributed by atoms with Gasteiger partial charge in [0, 0.05) is 17.9 Å². The number of aliphatic carboxylic acids is 1. The Kier molecular flexibility index (Phi) is 4.08. The van der Waals surface area contributed by atoms with Gasteiger partial charge in [0.15, 0.2) is 0 Å². The van der Waals surface area contributed by atoms with E-state index in [0.29, 0.717) is 12.0 Å². The van der Waals surface area contributed by atoms with Gasteiger partial charge in [-0.2, -0.15) is 0 Å². The fourth-order valence-electron chi connectivity index (χ4n) is 2.09. The zero-order chi connectivity index (χ0) is 14.7. The van der Waals surface area contributed by atoms with Gasteiger partial charge in [-0.3, -0.25) is 4.79 Å². The molecule has 0 radical (unpaired) electrons. The number of hydrogen-bond donors (Lipinski definition) is 2. The summed E-state index contributed by atoms with van der Waals surface area (Å²) in [7, 11) is 0. The molecule has 2 rings (SSSR count). The molecule has 2 heterocycles. The van der Waals surface area contributed by atoms with Crippen LogP contribution >= 0.6 is 0 Å². The Balaban J connectivity index is 2.20. The van der Waals surface area contributed by atoms with Crippen molar-refractivity contribution in [1.29, 1.82) is 0 Å². The zero-order valence-corrected chi connectivity index (χ0v) is 11.5. The molecular formula is C15H18N2O3. The van der Waals surface area contributed by atoms with Crippen molar-refractivity contribution in [3.05, 3.63) is 42.2 Å². The highest BCUT2D eigenvalue weighted by Crippen LogP contribution is 2.12. The highest BCUT2D eigenvalue weighted by molar-refractivity contribution is 5.97. The van der Waals surface area contributed by atoms with E-state index in [1.54, 1.807) is 12.3 Å². The number of pyridine rings is 1. The molecule has 0 aliphatic heterocycles. The van der Waals surface area contributed by atoms with Crippen LogP contribution < -0.4 is 5.32 Å². The van der Waals surface area contributed by atoms with Crippen LogP contribution in [0.1, 0.15) is 30.6 Å². The Hall–Kier alpha value is -2.30. The summed E-state index contributed by atoms with van der Waals surface area (Å²) >= 11 is 0. The molecule has 5 nitrogen and oxygen atoms in total. The first kappa shape index (κ1) is 14.1. The lowest BCUT2D eigenvalue weighted by Gasteiger charge is -2.19. The van der Waals surface area contributed by atoms with Gasteiger partial charge in [-0.25, -0.2) is 4.79 Å². The highest BCUT2D eigenvalue weighted by atomic mass is 16.4. The van der Waals surface area contributed by atoms with Crippen LogP contribution in [0, 0.1) is 5.92 Å². The lowest BCUT2D eigenvalue weighted by atomic mass is 9.99. The number of amides is 1. The number of nitrogens with zero attached hydrogens (tertiary/aromatic N) is 1. The van der Waals surface area contributed by atoms with E-state index in [-0.39, 0.29) is 11.8 Å². The maximum atomic E-state index is 12.2. The third kappa shape index (κ3) is 2.82. The summed E-state index contributed by atoms with van der Waals surface area (Å²) < 4.78 is 1.83. The summed E-state index contributed by atoms with van der Waals surface area (Å²) in [5, 5.41) is 11.8. The van der Waals surface area contributed by atoms with Crippen LogP contribution in [0.3, 0.4) is 0 Å². The summed E-state index contributed by atoms with van der Waals surface area (Å²) in [6.45, 7) is 3.72. The number of nitrogens with one attached hydrogen (secondary N) is 1. The van der Waals surface area contributed by atoms with Crippen LogP contribution in [0.2, 0.25) is 0 Å². The van der Waals surface area contributed by atoms with Crippen LogP contribution in [-0.4, -0.2) is 27.4 Å². The van der Waals surface area contributed by atoms with Gasteiger partial charge in [0.1, 0.15) is 6.04 Å². The summed E-state index contributed by atoms with van der Waals surface area (Å²) in [4.78, 5) is 23.4. The van der Waals surface area contributed by atoms with Crippen molar-refractivity contribution in [2.45, 2.75) is 26.3 Å². The minimum Gasteiger partial charge on any atom is -0.480 e. The Bertz CT molecular complexity index is 600. The molecule has 0 bridgehead atoms. The second-order valence-corrected chi connectivity index (χ2v) is 4.94. The largest absolute Gasteiger partial charge is 0.480 e. The topological polar surface area (TPSA) is 70.8 Å². The highest BCUT2D eigenvalue weighted by Gasteiger charge is 2.26. The molecule has 1 amide bonds. The second-order valence-electron chi connectivity index (χ2n) is 4.94. The molecule has 0 fully saturated rings. The van der Waals surface area contributed by atoms with E-state index in [4.69, 9.17) is 0 Å². The van der Waals surface area contributed by atoms with Gasteiger partial charge in [0.2, 0.25) is 0 Å². The number of aromatic nitrogens is 1. The van der Waals surface area contributed by atoms with E-state index in [9.17, 15) is 14.7 Å². The summed E-state index contributed by atoms with van der Waals surface area (Å²) in [6.07, 6.45) is 4.23. The average Bonchev–Trinajstić information content (AvgIpc) is 2.87. The van der Waals surface area contributed by atoms with Gasteiger partial charge in [0.05, 0.1) is 5.56 Å². The van der Waals surface area contributed by atoms with Crippen LogP contribution in [0.25, 0.3) is 5.52 Å². The standard InChI is InChI=1S/C15H18N2O3/c1-3-10(2)13(15(19)20)16-14(18)11-8-12-6-4-5-7-17(12)9-11/h4-10,13H,3H2,1-2H3,(H,16,18)(H,19,20)/t10-,13-/m0/s1. The van der Waals surface area contributed by atoms with E-state index >= 15 is 0 Å². The predicted molar refractivity (Wildman–Crippen MR) is 75.7 cm³/mol. The third-order valence-corrected chi connectivity index (χ3v) is 3.53. The van der Waals surface area contributed by atoms with Crippen molar-refractivity contribution in [2.24, 2.45) is 5.92 Å². The molecule has 0 aromatic carbocycles. The summed E-state index contributed by atoms with van der Waals surface area (Å²) in [6, 6.07) is 6.52. The zero-order valence-electron chi connectivity index (χ0n) is 11.5. The molecule has 2 N–H and O–H groups in total. The monoisotopic (exact) mass is 274 g/mol. The number of rotatable bonds is 5. The molecule has 20 heavy (non-hydrogen) atoms. The maximum Gasteiger partial charge on any atom is 0.326 e. The number of carbonyl (C=O) groups excluding carboxylic acids is 1. The molecule has 0 unspecified atom stereocenters. The van der Waals surface area contributed by atoms with Crippen molar-refractivity contribution < 1.29 is 14.7 Å². The third-order valence-electron chi connectivity index (χ3n) is 3.53. The van der Waals surface area contributed by atoms with E-state index in [1.807, 2.05) is 42.6 Å². The van der Waals surface area contributed by atoms with E-state index in [1.165, 1.54) is 0 Å². The molecule has 106 valence electrons. The molecule has 0 aliphatic carbocycles. The second kappa shape index (κ2) is 5.77. The Labute approximate surface area is 117 Å².